The van der Waals surface area contributed by atoms with E-state index in [2.05, 4.69) is 52.7 Å². The SMILES string of the molecule is O=C(Nc1ccc2c(c1)OCCO2)C1CCCN(Cc2cccc3ccccc23)C1. The molecule has 2 aliphatic heterocycles. The molecule has 1 fully saturated rings. The lowest BCUT2D eigenvalue weighted by molar-refractivity contribution is -0.121. The molecule has 0 aliphatic carbocycles. The third-order valence-corrected chi connectivity index (χ3v) is 5.96. The fourth-order valence-electron chi connectivity index (χ4n) is 4.45. The Bertz CT molecular complexity index is 1060. The Hall–Kier alpha value is -3.05. The van der Waals surface area contributed by atoms with E-state index in [1.54, 1.807) is 0 Å². The molecule has 0 aromatic heterocycles. The zero-order valence-corrected chi connectivity index (χ0v) is 17.0. The van der Waals surface area contributed by atoms with E-state index in [1.165, 1.54) is 16.3 Å². The minimum absolute atomic E-state index is 0.0121. The second-order valence-corrected chi connectivity index (χ2v) is 8.06. The molecule has 2 aliphatic rings. The van der Waals surface area contributed by atoms with Crippen molar-refractivity contribution in [2.24, 2.45) is 5.92 Å². The summed E-state index contributed by atoms with van der Waals surface area (Å²) in [5.74, 6) is 1.50. The van der Waals surface area contributed by atoms with E-state index in [9.17, 15) is 4.79 Å². The predicted molar refractivity (Wildman–Crippen MR) is 118 cm³/mol. The molecule has 1 amide bonds. The number of nitrogens with one attached hydrogen (secondary N) is 1. The van der Waals surface area contributed by atoms with Gasteiger partial charge in [0, 0.05) is 24.8 Å². The normalized spacial score (nSPS) is 18.9. The summed E-state index contributed by atoms with van der Waals surface area (Å²) in [5.41, 5.74) is 2.08. The second-order valence-electron chi connectivity index (χ2n) is 8.06. The summed E-state index contributed by atoms with van der Waals surface area (Å²) in [6, 6.07) is 20.5. The van der Waals surface area contributed by atoms with E-state index in [4.69, 9.17) is 9.47 Å². The van der Waals surface area contributed by atoms with Gasteiger partial charge in [0.15, 0.2) is 11.5 Å². The van der Waals surface area contributed by atoms with Gasteiger partial charge in [0.2, 0.25) is 5.91 Å². The van der Waals surface area contributed by atoms with E-state index >= 15 is 0 Å². The highest BCUT2D eigenvalue weighted by Gasteiger charge is 2.26. The van der Waals surface area contributed by atoms with Crippen LogP contribution in [0.3, 0.4) is 0 Å². The molecule has 3 aromatic carbocycles. The lowest BCUT2D eigenvalue weighted by Gasteiger charge is -2.32. The molecule has 1 atom stereocenters. The van der Waals surface area contributed by atoms with E-state index in [0.29, 0.717) is 19.0 Å². The Kier molecular flexibility index (Phi) is 5.28. The number of nitrogens with zero attached hydrogens (tertiary/aromatic N) is 1. The number of carbonyl (C=O) groups is 1. The average molecular weight is 402 g/mol. The first kappa shape index (κ1) is 18.9. The average Bonchev–Trinajstić information content (AvgIpc) is 2.79. The summed E-state index contributed by atoms with van der Waals surface area (Å²) < 4.78 is 11.2. The van der Waals surface area contributed by atoms with Gasteiger partial charge in [0.1, 0.15) is 13.2 Å². The third kappa shape index (κ3) is 3.98. The highest BCUT2D eigenvalue weighted by Crippen LogP contribution is 2.33. The summed E-state index contributed by atoms with van der Waals surface area (Å²) in [4.78, 5) is 15.3. The van der Waals surface area contributed by atoms with Crippen molar-refractivity contribution in [3.8, 4) is 11.5 Å². The van der Waals surface area contributed by atoms with Crippen LogP contribution in [0.2, 0.25) is 0 Å². The number of likely N-dealkylation sites (tertiary alicyclic amines) is 1. The molecule has 154 valence electrons. The van der Waals surface area contributed by atoms with Gasteiger partial charge >= 0.3 is 0 Å². The molecule has 3 aromatic rings. The number of carbonyl (C=O) groups excluding carboxylic acids is 1. The molecule has 1 N–H and O–H groups in total. The molecular weight excluding hydrogens is 376 g/mol. The topological polar surface area (TPSA) is 50.8 Å². The molecule has 0 spiro atoms. The summed E-state index contributed by atoms with van der Waals surface area (Å²) in [5, 5.41) is 5.63. The second kappa shape index (κ2) is 8.36. The van der Waals surface area contributed by atoms with Gasteiger partial charge in [0.05, 0.1) is 5.92 Å². The van der Waals surface area contributed by atoms with Gasteiger partial charge in [-0.2, -0.15) is 0 Å². The number of fused-ring (bicyclic) bond motifs is 2. The largest absolute Gasteiger partial charge is 0.486 e. The maximum atomic E-state index is 12.9. The van der Waals surface area contributed by atoms with Crippen molar-refractivity contribution >= 4 is 22.4 Å². The van der Waals surface area contributed by atoms with Crippen molar-refractivity contribution in [1.29, 1.82) is 0 Å². The van der Waals surface area contributed by atoms with Crippen LogP contribution in [0.15, 0.2) is 60.7 Å². The van der Waals surface area contributed by atoms with Crippen LogP contribution in [0.25, 0.3) is 10.8 Å². The van der Waals surface area contributed by atoms with Gasteiger partial charge < -0.3 is 14.8 Å². The summed E-state index contributed by atoms with van der Waals surface area (Å²) in [6.07, 6.45) is 1.95. The molecule has 5 heteroatoms. The number of anilines is 1. The van der Waals surface area contributed by atoms with Crippen molar-refractivity contribution in [1.82, 2.24) is 4.90 Å². The first-order chi connectivity index (χ1) is 14.8. The fourth-order valence-corrected chi connectivity index (χ4v) is 4.45. The van der Waals surface area contributed by atoms with Crippen molar-refractivity contribution < 1.29 is 14.3 Å². The van der Waals surface area contributed by atoms with E-state index < -0.39 is 0 Å². The number of rotatable bonds is 4. The molecule has 2 heterocycles. The Morgan fingerprint density at radius 2 is 1.83 bits per heavy atom. The van der Waals surface area contributed by atoms with Crippen LogP contribution in [-0.4, -0.2) is 37.1 Å². The summed E-state index contributed by atoms with van der Waals surface area (Å²) >= 11 is 0. The van der Waals surface area contributed by atoms with Gasteiger partial charge in [-0.1, -0.05) is 42.5 Å². The highest BCUT2D eigenvalue weighted by atomic mass is 16.6. The number of hydrogen-bond acceptors (Lipinski definition) is 4. The van der Waals surface area contributed by atoms with Crippen LogP contribution in [0, 0.1) is 5.92 Å². The Labute approximate surface area is 176 Å². The number of ether oxygens (including phenoxy) is 2. The standard InChI is InChI=1S/C25H26N2O3/c28-25(26-21-10-11-23-24(15-21)30-14-13-29-23)20-8-4-12-27(17-20)16-19-7-3-6-18-5-1-2-9-22(18)19/h1-3,5-7,9-11,15,20H,4,8,12-14,16-17H2,(H,26,28). The highest BCUT2D eigenvalue weighted by molar-refractivity contribution is 5.93. The first-order valence-electron chi connectivity index (χ1n) is 10.7. The Balaban J connectivity index is 1.25. The minimum Gasteiger partial charge on any atom is -0.486 e. The van der Waals surface area contributed by atoms with Crippen molar-refractivity contribution in [3.05, 3.63) is 66.2 Å². The van der Waals surface area contributed by atoms with Crippen LogP contribution < -0.4 is 14.8 Å². The quantitative estimate of drug-likeness (QED) is 0.700. The first-order valence-corrected chi connectivity index (χ1v) is 10.7. The Morgan fingerprint density at radius 3 is 2.77 bits per heavy atom. The maximum absolute atomic E-state index is 12.9. The van der Waals surface area contributed by atoms with Crippen molar-refractivity contribution in [3.63, 3.8) is 0 Å². The molecule has 30 heavy (non-hydrogen) atoms. The van der Waals surface area contributed by atoms with Crippen molar-refractivity contribution in [2.45, 2.75) is 19.4 Å². The van der Waals surface area contributed by atoms with Crippen LogP contribution in [-0.2, 0) is 11.3 Å². The zero-order valence-electron chi connectivity index (χ0n) is 17.0. The molecule has 1 unspecified atom stereocenters. The van der Waals surface area contributed by atoms with Crippen LogP contribution in [0.5, 0.6) is 11.5 Å². The zero-order chi connectivity index (χ0) is 20.3. The lowest BCUT2D eigenvalue weighted by Crippen LogP contribution is -2.40. The van der Waals surface area contributed by atoms with Gasteiger partial charge in [0.25, 0.3) is 0 Å². The molecule has 0 bridgehead atoms. The smallest absolute Gasteiger partial charge is 0.228 e. The summed E-state index contributed by atoms with van der Waals surface area (Å²) in [7, 11) is 0. The monoisotopic (exact) mass is 402 g/mol. The van der Waals surface area contributed by atoms with Gasteiger partial charge in [-0.05, 0) is 47.9 Å². The van der Waals surface area contributed by atoms with Crippen molar-refractivity contribution in [2.75, 3.05) is 31.6 Å². The predicted octanol–water partition coefficient (Wildman–Crippen LogP) is 4.46. The number of piperidine rings is 1. The molecular formula is C25H26N2O3. The third-order valence-electron chi connectivity index (χ3n) is 5.96. The molecule has 5 rings (SSSR count). The van der Waals surface area contributed by atoms with E-state index in [-0.39, 0.29) is 11.8 Å². The molecule has 5 nitrogen and oxygen atoms in total. The Morgan fingerprint density at radius 1 is 1.00 bits per heavy atom. The maximum Gasteiger partial charge on any atom is 0.228 e. The number of hydrogen-bond donors (Lipinski definition) is 1. The van der Waals surface area contributed by atoms with E-state index in [1.807, 2.05) is 18.2 Å². The fraction of sp³-hybridized carbons (Fsp3) is 0.320. The van der Waals surface area contributed by atoms with Crippen LogP contribution >= 0.6 is 0 Å². The van der Waals surface area contributed by atoms with E-state index in [0.717, 1.165) is 43.9 Å². The van der Waals surface area contributed by atoms with Gasteiger partial charge in [-0.3, -0.25) is 9.69 Å². The number of amides is 1. The minimum atomic E-state index is -0.0121. The van der Waals surface area contributed by atoms with Crippen LogP contribution in [0.1, 0.15) is 18.4 Å². The lowest BCUT2D eigenvalue weighted by atomic mass is 9.96. The molecule has 0 saturated carbocycles. The van der Waals surface area contributed by atoms with Crippen LogP contribution in [0.4, 0.5) is 5.69 Å². The molecule has 0 radical (unpaired) electrons. The van der Waals surface area contributed by atoms with Gasteiger partial charge in [-0.25, -0.2) is 0 Å². The van der Waals surface area contributed by atoms with Gasteiger partial charge in [-0.15, -0.1) is 0 Å². The number of benzene rings is 3. The summed E-state index contributed by atoms with van der Waals surface area (Å²) in [6.45, 7) is 3.77. The molecule has 1 saturated heterocycles.